The van der Waals surface area contributed by atoms with Gasteiger partial charge in [0.25, 0.3) is 0 Å². The first-order chi connectivity index (χ1) is 10.6. The highest BCUT2D eigenvalue weighted by Gasteiger charge is 2.21. The maximum atomic E-state index is 14.7. The fourth-order valence-electron chi connectivity index (χ4n) is 2.65. The van der Waals surface area contributed by atoms with Gasteiger partial charge in [0.15, 0.2) is 5.82 Å². The van der Waals surface area contributed by atoms with Gasteiger partial charge in [-0.25, -0.2) is 4.39 Å². The van der Waals surface area contributed by atoms with Gasteiger partial charge in [0.2, 0.25) is 5.28 Å². The molecule has 22 heavy (non-hydrogen) atoms. The largest absolute Gasteiger partial charge is 0.366 e. The third-order valence-electron chi connectivity index (χ3n) is 3.77. The van der Waals surface area contributed by atoms with E-state index in [2.05, 4.69) is 21.4 Å². The van der Waals surface area contributed by atoms with Gasteiger partial charge in [-0.2, -0.15) is 9.97 Å². The molecule has 3 N–H and O–H groups in total. The summed E-state index contributed by atoms with van der Waals surface area (Å²) in [4.78, 5) is 8.30. The van der Waals surface area contributed by atoms with E-state index in [1.54, 1.807) is 11.6 Å². The van der Waals surface area contributed by atoms with Crippen LogP contribution in [-0.2, 0) is 13.5 Å². The molecule has 3 rings (SSSR count). The van der Waals surface area contributed by atoms with E-state index < -0.39 is 0 Å². The molecule has 0 aliphatic heterocycles. The number of nitrogens with zero attached hydrogens (tertiary/aromatic N) is 3. The molecule has 0 amide bonds. The average molecular weight is 322 g/mol. The van der Waals surface area contributed by atoms with Crippen LogP contribution < -0.4 is 11.1 Å². The fourth-order valence-corrected chi connectivity index (χ4v) is 2.81. The molecule has 0 spiro atoms. The van der Waals surface area contributed by atoms with Crippen LogP contribution in [0.1, 0.15) is 12.1 Å². The van der Waals surface area contributed by atoms with Gasteiger partial charge in [-0.05, 0) is 30.1 Å². The summed E-state index contributed by atoms with van der Waals surface area (Å²) in [6, 6.07) is 0. The van der Waals surface area contributed by atoms with E-state index in [0.29, 0.717) is 42.1 Å². The highest BCUT2D eigenvalue weighted by Crippen LogP contribution is 2.29. The van der Waals surface area contributed by atoms with Crippen molar-refractivity contribution < 1.29 is 4.39 Å². The topological polar surface area (TPSA) is 68.8 Å². The lowest BCUT2D eigenvalue weighted by atomic mass is 10.2. The first-order valence-electron chi connectivity index (χ1n) is 7.10. The molecule has 2 aromatic heterocycles. The van der Waals surface area contributed by atoms with Crippen LogP contribution >= 0.6 is 11.6 Å². The maximum absolute atomic E-state index is 14.7. The highest BCUT2D eigenvalue weighted by atomic mass is 35.5. The Balaban J connectivity index is 2.02. The molecular weight excluding hydrogens is 305 g/mol. The van der Waals surface area contributed by atoms with Crippen molar-refractivity contribution in [2.45, 2.75) is 12.8 Å². The SMILES string of the molecule is Cn1c(CCN)c(F)c2c(NCC3=CC=CC3)nc(Cl)nc21. The standard InChI is InChI=1S/C15H17ClFN5/c1-22-10(6-7-18)12(17)11-13(20-15(16)21-14(11)22)19-8-9-4-2-3-5-9/h2-4H,5-8,18H2,1H3,(H,19,20,21). The van der Waals surface area contributed by atoms with Gasteiger partial charge in [0, 0.05) is 20.0 Å². The quantitative estimate of drug-likeness (QED) is 0.830. The van der Waals surface area contributed by atoms with E-state index in [9.17, 15) is 4.39 Å². The monoisotopic (exact) mass is 321 g/mol. The predicted octanol–water partition coefficient (Wildman–Crippen LogP) is 2.56. The van der Waals surface area contributed by atoms with Crippen LogP contribution in [-0.4, -0.2) is 27.6 Å². The van der Waals surface area contributed by atoms with E-state index >= 15 is 0 Å². The summed E-state index contributed by atoms with van der Waals surface area (Å²) >= 11 is 5.98. The first-order valence-corrected chi connectivity index (χ1v) is 7.48. The molecule has 1 aliphatic carbocycles. The van der Waals surface area contributed by atoms with Gasteiger partial charge in [-0.15, -0.1) is 0 Å². The van der Waals surface area contributed by atoms with Crippen molar-refractivity contribution in [1.82, 2.24) is 14.5 Å². The molecule has 0 saturated heterocycles. The molecule has 0 aromatic carbocycles. The predicted molar refractivity (Wildman–Crippen MR) is 86.6 cm³/mol. The number of allylic oxidation sites excluding steroid dienone is 3. The Bertz CT molecular complexity index is 778. The lowest BCUT2D eigenvalue weighted by molar-refractivity contribution is 0.606. The van der Waals surface area contributed by atoms with Crippen molar-refractivity contribution >= 4 is 28.5 Å². The molecule has 0 saturated carbocycles. The number of aryl methyl sites for hydroxylation is 1. The summed E-state index contributed by atoms with van der Waals surface area (Å²) in [6.07, 6.45) is 7.44. The van der Waals surface area contributed by atoms with E-state index in [0.717, 1.165) is 6.42 Å². The van der Waals surface area contributed by atoms with Gasteiger partial charge >= 0.3 is 0 Å². The van der Waals surface area contributed by atoms with Gasteiger partial charge < -0.3 is 15.6 Å². The zero-order chi connectivity index (χ0) is 15.7. The van der Waals surface area contributed by atoms with Crippen LogP contribution in [0, 0.1) is 5.82 Å². The van der Waals surface area contributed by atoms with Crippen molar-refractivity contribution in [3.8, 4) is 0 Å². The number of aromatic nitrogens is 3. The number of anilines is 1. The fraction of sp³-hybridized carbons (Fsp3) is 0.333. The van der Waals surface area contributed by atoms with Gasteiger partial charge in [-0.1, -0.05) is 18.2 Å². The van der Waals surface area contributed by atoms with Crippen LogP contribution in [0.15, 0.2) is 23.8 Å². The Hall–Kier alpha value is -1.92. The smallest absolute Gasteiger partial charge is 0.226 e. The van der Waals surface area contributed by atoms with Crippen molar-refractivity contribution in [3.63, 3.8) is 0 Å². The second-order valence-corrected chi connectivity index (χ2v) is 5.55. The molecule has 5 nitrogen and oxygen atoms in total. The van der Waals surface area contributed by atoms with Crippen LogP contribution in [0.5, 0.6) is 0 Å². The summed E-state index contributed by atoms with van der Waals surface area (Å²) < 4.78 is 16.4. The molecule has 0 radical (unpaired) electrons. The number of hydrogen-bond donors (Lipinski definition) is 2. The molecular formula is C15H17ClFN5. The van der Waals surface area contributed by atoms with Crippen LogP contribution in [0.3, 0.4) is 0 Å². The molecule has 116 valence electrons. The van der Waals surface area contributed by atoms with Crippen LogP contribution in [0.4, 0.5) is 10.2 Å². The zero-order valence-electron chi connectivity index (χ0n) is 12.2. The Morgan fingerprint density at radius 2 is 2.27 bits per heavy atom. The highest BCUT2D eigenvalue weighted by molar-refractivity contribution is 6.28. The maximum Gasteiger partial charge on any atom is 0.226 e. The second kappa shape index (κ2) is 6.06. The molecule has 2 heterocycles. The van der Waals surface area contributed by atoms with Crippen molar-refractivity contribution in [3.05, 3.63) is 40.6 Å². The van der Waals surface area contributed by atoms with Gasteiger partial charge in [0.05, 0.1) is 11.1 Å². The Morgan fingerprint density at radius 1 is 1.45 bits per heavy atom. The summed E-state index contributed by atoms with van der Waals surface area (Å²) in [5, 5.41) is 3.62. The molecule has 2 aromatic rings. The number of rotatable bonds is 5. The molecule has 0 bridgehead atoms. The number of halogens is 2. The number of fused-ring (bicyclic) bond motifs is 1. The lowest BCUT2D eigenvalue weighted by Gasteiger charge is -2.08. The van der Waals surface area contributed by atoms with Gasteiger partial charge in [0.1, 0.15) is 11.5 Å². The number of nitrogens with one attached hydrogen (secondary N) is 1. The van der Waals surface area contributed by atoms with Crippen LogP contribution in [0.2, 0.25) is 5.28 Å². The molecule has 0 atom stereocenters. The molecule has 7 heteroatoms. The number of nitrogens with two attached hydrogens (primary N) is 1. The minimum Gasteiger partial charge on any atom is -0.366 e. The summed E-state index contributed by atoms with van der Waals surface area (Å²) in [5.74, 6) is 0.0832. The average Bonchev–Trinajstić information content (AvgIpc) is 3.08. The second-order valence-electron chi connectivity index (χ2n) is 5.21. The Morgan fingerprint density at radius 3 is 2.95 bits per heavy atom. The van der Waals surface area contributed by atoms with Gasteiger partial charge in [-0.3, -0.25) is 0 Å². The zero-order valence-corrected chi connectivity index (χ0v) is 13.0. The summed E-state index contributed by atoms with van der Waals surface area (Å²) in [7, 11) is 1.76. The minimum atomic E-state index is -0.333. The molecule has 0 fully saturated rings. The van der Waals surface area contributed by atoms with Crippen molar-refractivity contribution in [2.75, 3.05) is 18.4 Å². The third kappa shape index (κ3) is 2.60. The van der Waals surface area contributed by atoms with E-state index in [1.807, 2.05) is 12.2 Å². The van der Waals surface area contributed by atoms with E-state index in [-0.39, 0.29) is 11.1 Å². The Labute approximate surface area is 132 Å². The first kappa shape index (κ1) is 15.0. The summed E-state index contributed by atoms with van der Waals surface area (Å²) in [5.41, 5.74) is 7.75. The Kier molecular flexibility index (Phi) is 4.13. The normalized spacial score (nSPS) is 13.9. The van der Waals surface area contributed by atoms with E-state index in [4.69, 9.17) is 17.3 Å². The van der Waals surface area contributed by atoms with Crippen molar-refractivity contribution in [1.29, 1.82) is 0 Å². The van der Waals surface area contributed by atoms with Crippen LogP contribution in [0.25, 0.3) is 11.0 Å². The third-order valence-corrected chi connectivity index (χ3v) is 3.94. The summed E-state index contributed by atoms with van der Waals surface area (Å²) in [6.45, 7) is 0.958. The lowest BCUT2D eigenvalue weighted by Crippen LogP contribution is -2.08. The number of hydrogen-bond acceptors (Lipinski definition) is 4. The van der Waals surface area contributed by atoms with E-state index in [1.165, 1.54) is 5.57 Å². The molecule has 1 aliphatic rings. The van der Waals surface area contributed by atoms with Crippen molar-refractivity contribution in [2.24, 2.45) is 12.8 Å². The molecule has 0 unspecified atom stereocenters. The minimum absolute atomic E-state index is 0.0911.